The molecule has 0 aliphatic carbocycles. The summed E-state index contributed by atoms with van der Waals surface area (Å²) in [5.41, 5.74) is 8.15. The Bertz CT molecular complexity index is 329. The topological polar surface area (TPSA) is 43.1 Å². The Morgan fingerprint density at radius 3 is 2.38 bits per heavy atom. The van der Waals surface area contributed by atoms with E-state index in [9.17, 15) is 4.79 Å². The highest BCUT2D eigenvalue weighted by molar-refractivity contribution is 5.93. The van der Waals surface area contributed by atoms with Gasteiger partial charge in [0.05, 0.1) is 0 Å². The number of nitrogens with two attached hydrogens (primary N) is 1. The molecule has 0 fully saturated rings. The van der Waals surface area contributed by atoms with Gasteiger partial charge in [-0.2, -0.15) is 0 Å². The molecule has 0 aliphatic rings. The molecular formula is C11H15NO. The highest BCUT2D eigenvalue weighted by Crippen LogP contribution is 2.19. The fourth-order valence-corrected chi connectivity index (χ4v) is 1.48. The molecule has 1 amide bonds. The van der Waals surface area contributed by atoms with Crippen LogP contribution in [0.5, 0.6) is 0 Å². The highest BCUT2D eigenvalue weighted by atomic mass is 16.1. The van der Waals surface area contributed by atoms with E-state index in [0.717, 1.165) is 5.56 Å². The Morgan fingerprint density at radius 1 is 1.38 bits per heavy atom. The first kappa shape index (κ1) is 9.78. The normalized spacial score (nSPS) is 10.5. The van der Waals surface area contributed by atoms with E-state index in [1.165, 1.54) is 5.56 Å². The van der Waals surface area contributed by atoms with Crippen LogP contribution in [-0.2, 0) is 0 Å². The lowest BCUT2D eigenvalue weighted by Crippen LogP contribution is -2.11. The molecule has 2 nitrogen and oxygen atoms in total. The van der Waals surface area contributed by atoms with Crippen LogP contribution >= 0.6 is 0 Å². The van der Waals surface area contributed by atoms with Gasteiger partial charge < -0.3 is 5.73 Å². The van der Waals surface area contributed by atoms with Crippen LogP contribution in [0.15, 0.2) is 18.2 Å². The van der Waals surface area contributed by atoms with Crippen LogP contribution in [0.1, 0.15) is 41.3 Å². The number of amides is 1. The van der Waals surface area contributed by atoms with Gasteiger partial charge in [-0.05, 0) is 36.1 Å². The molecule has 0 aromatic heterocycles. The Labute approximate surface area is 78.8 Å². The van der Waals surface area contributed by atoms with E-state index in [2.05, 4.69) is 13.8 Å². The van der Waals surface area contributed by atoms with Crippen LogP contribution in [-0.4, -0.2) is 5.91 Å². The second kappa shape index (κ2) is 3.60. The van der Waals surface area contributed by atoms with E-state index in [1.54, 1.807) is 6.07 Å². The third-order valence-corrected chi connectivity index (χ3v) is 2.18. The van der Waals surface area contributed by atoms with Crippen molar-refractivity contribution < 1.29 is 4.79 Å². The lowest BCUT2D eigenvalue weighted by Gasteiger charge is -2.09. The first-order chi connectivity index (χ1) is 6.02. The van der Waals surface area contributed by atoms with Crippen LogP contribution in [0.25, 0.3) is 0 Å². The molecule has 2 N–H and O–H groups in total. The summed E-state index contributed by atoms with van der Waals surface area (Å²) in [5, 5.41) is 0. The zero-order valence-corrected chi connectivity index (χ0v) is 8.29. The van der Waals surface area contributed by atoms with Crippen molar-refractivity contribution in [1.29, 1.82) is 0 Å². The molecule has 1 aromatic rings. The van der Waals surface area contributed by atoms with Gasteiger partial charge in [-0.3, -0.25) is 4.79 Å². The Kier molecular flexibility index (Phi) is 2.71. The summed E-state index contributed by atoms with van der Waals surface area (Å²) in [4.78, 5) is 10.9. The lowest BCUT2D eigenvalue weighted by molar-refractivity contribution is 0.1000. The van der Waals surface area contributed by atoms with Crippen molar-refractivity contribution in [2.24, 2.45) is 5.73 Å². The number of carbonyl (C=O) groups excluding carboxylic acids is 1. The average Bonchev–Trinajstić information content (AvgIpc) is 2.03. The molecule has 0 saturated heterocycles. The molecule has 0 saturated carbocycles. The molecule has 0 atom stereocenters. The SMILES string of the molecule is Cc1cc(C(N)=O)ccc1C(C)C. The highest BCUT2D eigenvalue weighted by Gasteiger charge is 2.06. The van der Waals surface area contributed by atoms with E-state index in [0.29, 0.717) is 11.5 Å². The maximum atomic E-state index is 10.9. The minimum Gasteiger partial charge on any atom is -0.366 e. The summed E-state index contributed by atoms with van der Waals surface area (Å²) in [6.07, 6.45) is 0. The molecule has 1 aromatic carbocycles. The molecule has 0 unspecified atom stereocenters. The molecule has 0 radical (unpaired) electrons. The van der Waals surface area contributed by atoms with Crippen molar-refractivity contribution in [2.75, 3.05) is 0 Å². The number of rotatable bonds is 2. The Balaban J connectivity index is 3.13. The van der Waals surface area contributed by atoms with Gasteiger partial charge in [-0.1, -0.05) is 19.9 Å². The maximum absolute atomic E-state index is 10.9. The number of aryl methyl sites for hydroxylation is 1. The zero-order chi connectivity index (χ0) is 10.0. The molecule has 0 aliphatic heterocycles. The summed E-state index contributed by atoms with van der Waals surface area (Å²) in [7, 11) is 0. The van der Waals surface area contributed by atoms with E-state index >= 15 is 0 Å². The van der Waals surface area contributed by atoms with Gasteiger partial charge in [0.15, 0.2) is 0 Å². The van der Waals surface area contributed by atoms with Gasteiger partial charge in [0.2, 0.25) is 5.91 Å². The van der Waals surface area contributed by atoms with Crippen LogP contribution < -0.4 is 5.73 Å². The van der Waals surface area contributed by atoms with Gasteiger partial charge in [-0.15, -0.1) is 0 Å². The van der Waals surface area contributed by atoms with Gasteiger partial charge >= 0.3 is 0 Å². The number of primary amides is 1. The fraction of sp³-hybridized carbons (Fsp3) is 0.364. The third kappa shape index (κ3) is 2.08. The maximum Gasteiger partial charge on any atom is 0.248 e. The molecule has 1 rings (SSSR count). The largest absolute Gasteiger partial charge is 0.366 e. The molecule has 0 spiro atoms. The van der Waals surface area contributed by atoms with Gasteiger partial charge in [0.1, 0.15) is 0 Å². The lowest BCUT2D eigenvalue weighted by atomic mass is 9.96. The van der Waals surface area contributed by atoms with Crippen molar-refractivity contribution in [3.8, 4) is 0 Å². The van der Waals surface area contributed by atoms with Gasteiger partial charge in [0.25, 0.3) is 0 Å². The third-order valence-electron chi connectivity index (χ3n) is 2.18. The van der Waals surface area contributed by atoms with Crippen LogP contribution in [0.4, 0.5) is 0 Å². The minimum absolute atomic E-state index is 0.363. The number of hydrogen-bond acceptors (Lipinski definition) is 1. The summed E-state index contributed by atoms with van der Waals surface area (Å²) in [6, 6.07) is 5.60. The van der Waals surface area contributed by atoms with Crippen molar-refractivity contribution in [3.05, 3.63) is 34.9 Å². The number of benzene rings is 1. The number of carbonyl (C=O) groups is 1. The van der Waals surface area contributed by atoms with E-state index in [4.69, 9.17) is 5.73 Å². The molecule has 13 heavy (non-hydrogen) atoms. The van der Waals surface area contributed by atoms with Gasteiger partial charge in [-0.25, -0.2) is 0 Å². The second-order valence-corrected chi connectivity index (χ2v) is 3.59. The minimum atomic E-state index is -0.363. The summed E-state index contributed by atoms with van der Waals surface area (Å²) in [6.45, 7) is 6.26. The predicted molar refractivity (Wildman–Crippen MR) is 53.8 cm³/mol. The predicted octanol–water partition coefficient (Wildman–Crippen LogP) is 2.22. The van der Waals surface area contributed by atoms with Crippen molar-refractivity contribution in [3.63, 3.8) is 0 Å². The molecule has 0 heterocycles. The quantitative estimate of drug-likeness (QED) is 0.739. The molecule has 70 valence electrons. The zero-order valence-electron chi connectivity index (χ0n) is 8.29. The standard InChI is InChI=1S/C11H15NO/c1-7(2)10-5-4-9(11(12)13)6-8(10)3/h4-7H,1-3H3,(H2,12,13). The first-order valence-electron chi connectivity index (χ1n) is 4.42. The molecule has 2 heteroatoms. The molecular weight excluding hydrogens is 162 g/mol. The van der Waals surface area contributed by atoms with E-state index < -0.39 is 0 Å². The van der Waals surface area contributed by atoms with E-state index in [-0.39, 0.29) is 5.91 Å². The summed E-state index contributed by atoms with van der Waals surface area (Å²) < 4.78 is 0. The smallest absolute Gasteiger partial charge is 0.248 e. The van der Waals surface area contributed by atoms with Crippen LogP contribution in [0.3, 0.4) is 0 Å². The summed E-state index contributed by atoms with van der Waals surface area (Å²) >= 11 is 0. The first-order valence-corrected chi connectivity index (χ1v) is 4.42. The fourth-order valence-electron chi connectivity index (χ4n) is 1.48. The Hall–Kier alpha value is -1.31. The van der Waals surface area contributed by atoms with Crippen molar-refractivity contribution in [2.45, 2.75) is 26.7 Å². The van der Waals surface area contributed by atoms with Gasteiger partial charge in [0, 0.05) is 5.56 Å². The Morgan fingerprint density at radius 2 is 2.00 bits per heavy atom. The molecule has 0 bridgehead atoms. The van der Waals surface area contributed by atoms with Crippen LogP contribution in [0.2, 0.25) is 0 Å². The van der Waals surface area contributed by atoms with Crippen LogP contribution in [0, 0.1) is 6.92 Å². The average molecular weight is 177 g/mol. The number of hydrogen-bond donors (Lipinski definition) is 1. The van der Waals surface area contributed by atoms with E-state index in [1.807, 2.05) is 19.1 Å². The van der Waals surface area contributed by atoms with Crippen molar-refractivity contribution in [1.82, 2.24) is 0 Å². The second-order valence-electron chi connectivity index (χ2n) is 3.59. The van der Waals surface area contributed by atoms with Crippen molar-refractivity contribution >= 4 is 5.91 Å². The summed E-state index contributed by atoms with van der Waals surface area (Å²) in [5.74, 6) is 0.125. The monoisotopic (exact) mass is 177 g/mol.